The highest BCUT2D eigenvalue weighted by molar-refractivity contribution is 6.16. The van der Waals surface area contributed by atoms with E-state index in [4.69, 9.17) is 0 Å². The van der Waals surface area contributed by atoms with Crippen molar-refractivity contribution in [3.63, 3.8) is 0 Å². The van der Waals surface area contributed by atoms with E-state index in [1.54, 1.807) is 24.3 Å². The third kappa shape index (κ3) is 4.23. The van der Waals surface area contributed by atoms with E-state index in [2.05, 4.69) is 33.3 Å². The van der Waals surface area contributed by atoms with Crippen LogP contribution in [0.2, 0.25) is 0 Å². The molecule has 4 rings (SSSR count). The van der Waals surface area contributed by atoms with Crippen LogP contribution in [0, 0.1) is 5.92 Å². The molecular weight excluding hydrogens is 368 g/mol. The number of nitrogens with zero attached hydrogens (tertiary/aromatic N) is 3. The second-order valence-electron chi connectivity index (χ2n) is 7.56. The molecule has 7 heteroatoms. The number of rotatable bonds is 4. The van der Waals surface area contributed by atoms with Crippen LogP contribution in [-0.4, -0.2) is 38.5 Å². The summed E-state index contributed by atoms with van der Waals surface area (Å²) in [6.07, 6.45) is 9.78. The fourth-order valence-electron chi connectivity index (χ4n) is 3.59. The number of aliphatic imine (C=N–C) groups is 1. The van der Waals surface area contributed by atoms with E-state index in [0.717, 1.165) is 30.5 Å². The first-order chi connectivity index (χ1) is 14.0. The molecule has 0 radical (unpaired) electrons. The molecule has 148 valence electrons. The number of hydrogen-bond donors (Lipinski definition) is 2. The lowest BCUT2D eigenvalue weighted by Gasteiger charge is -2.21. The summed E-state index contributed by atoms with van der Waals surface area (Å²) in [5.74, 6) is 0.0977. The van der Waals surface area contributed by atoms with E-state index in [9.17, 15) is 14.7 Å². The predicted octanol–water partition coefficient (Wildman–Crippen LogP) is 3.36. The van der Waals surface area contributed by atoms with Crippen LogP contribution in [0.15, 0.2) is 53.3 Å². The fourth-order valence-corrected chi connectivity index (χ4v) is 3.59. The Morgan fingerprint density at radius 3 is 2.93 bits per heavy atom. The van der Waals surface area contributed by atoms with Crippen LogP contribution in [0.5, 0.6) is 5.88 Å². The molecule has 1 amide bonds. The zero-order chi connectivity index (χ0) is 20.4. The minimum atomic E-state index is -0.706. The van der Waals surface area contributed by atoms with Gasteiger partial charge in [-0.25, -0.2) is 9.97 Å². The summed E-state index contributed by atoms with van der Waals surface area (Å²) in [6.45, 7) is 2.22. The fraction of sp³-hybridized carbons (Fsp3) is 0.318. The number of carbonyl (C=O) groups excluding carboxylic acids is 2. The lowest BCUT2D eigenvalue weighted by molar-refractivity contribution is -0.121. The number of carbonyl (C=O) groups is 2. The summed E-state index contributed by atoms with van der Waals surface area (Å²) in [4.78, 5) is 37.1. The largest absolute Gasteiger partial charge is 0.493 e. The van der Waals surface area contributed by atoms with Gasteiger partial charge in [-0.15, -0.1) is 0 Å². The number of dihydropyridines is 1. The molecule has 2 aliphatic rings. The highest BCUT2D eigenvalue weighted by Gasteiger charge is 2.24. The minimum Gasteiger partial charge on any atom is -0.493 e. The zero-order valence-electron chi connectivity index (χ0n) is 16.1. The van der Waals surface area contributed by atoms with Gasteiger partial charge in [0.05, 0.1) is 23.0 Å². The molecule has 2 heterocycles. The highest BCUT2D eigenvalue weighted by atomic mass is 16.3. The Labute approximate surface area is 168 Å². The first-order valence-corrected chi connectivity index (χ1v) is 9.72. The van der Waals surface area contributed by atoms with Gasteiger partial charge in [0.1, 0.15) is 12.4 Å². The van der Waals surface area contributed by atoms with Crippen molar-refractivity contribution in [1.29, 1.82) is 0 Å². The molecule has 2 atom stereocenters. The first-order valence-electron chi connectivity index (χ1n) is 9.72. The van der Waals surface area contributed by atoms with Gasteiger partial charge in [0, 0.05) is 5.69 Å². The second-order valence-corrected chi connectivity index (χ2v) is 7.56. The number of benzene rings is 1. The van der Waals surface area contributed by atoms with Crippen LogP contribution < -0.4 is 5.32 Å². The molecule has 7 nitrogen and oxygen atoms in total. The Morgan fingerprint density at radius 2 is 2.14 bits per heavy atom. The molecule has 0 spiro atoms. The molecule has 1 aromatic heterocycles. The van der Waals surface area contributed by atoms with Gasteiger partial charge in [-0.3, -0.25) is 14.6 Å². The molecule has 0 fully saturated rings. The van der Waals surface area contributed by atoms with Gasteiger partial charge in [0.25, 0.3) is 0 Å². The summed E-state index contributed by atoms with van der Waals surface area (Å²) in [5.41, 5.74) is 3.02. The molecule has 1 aliphatic heterocycles. The summed E-state index contributed by atoms with van der Waals surface area (Å²) < 4.78 is 0. The van der Waals surface area contributed by atoms with Crippen molar-refractivity contribution < 1.29 is 14.7 Å². The molecule has 2 N–H and O–H groups in total. The Morgan fingerprint density at radius 1 is 1.28 bits per heavy atom. The number of hydrogen-bond acceptors (Lipinski definition) is 6. The van der Waals surface area contributed by atoms with Gasteiger partial charge in [0.2, 0.25) is 11.8 Å². The topological polar surface area (TPSA) is 105 Å². The number of aromatic hydroxyl groups is 1. The molecule has 1 aromatic carbocycles. The van der Waals surface area contributed by atoms with Crippen LogP contribution in [0.25, 0.3) is 10.9 Å². The number of fused-ring (bicyclic) bond motifs is 1. The number of nitrogens with one attached hydrogen (secondary N) is 1. The molecule has 0 saturated carbocycles. The van der Waals surface area contributed by atoms with Crippen LogP contribution in [0.3, 0.4) is 0 Å². The number of ketones is 1. The third-order valence-electron chi connectivity index (χ3n) is 5.31. The number of anilines is 1. The Kier molecular flexibility index (Phi) is 5.20. The third-order valence-corrected chi connectivity index (χ3v) is 5.31. The van der Waals surface area contributed by atoms with Gasteiger partial charge in [-0.1, -0.05) is 13.0 Å². The van der Waals surface area contributed by atoms with Crippen molar-refractivity contribution >= 4 is 34.0 Å². The Balaban J connectivity index is 1.46. The Bertz CT molecular complexity index is 1070. The van der Waals surface area contributed by atoms with E-state index < -0.39 is 6.04 Å². The van der Waals surface area contributed by atoms with Crippen LogP contribution >= 0.6 is 0 Å². The molecular formula is C22H22N4O3. The van der Waals surface area contributed by atoms with Crippen LogP contribution in [0.1, 0.15) is 32.6 Å². The summed E-state index contributed by atoms with van der Waals surface area (Å²) >= 11 is 0. The zero-order valence-corrected chi connectivity index (χ0v) is 16.1. The van der Waals surface area contributed by atoms with E-state index >= 15 is 0 Å². The summed E-state index contributed by atoms with van der Waals surface area (Å²) in [5, 5.41) is 13.0. The van der Waals surface area contributed by atoms with E-state index in [0.29, 0.717) is 22.5 Å². The Hall–Kier alpha value is -3.35. The molecule has 2 unspecified atom stereocenters. The summed E-state index contributed by atoms with van der Waals surface area (Å²) in [6, 6.07) is 4.25. The maximum absolute atomic E-state index is 12.5. The number of allylic oxidation sites excluding steroid dienone is 3. The minimum absolute atomic E-state index is 0.0244. The van der Waals surface area contributed by atoms with E-state index in [1.807, 2.05) is 0 Å². The molecule has 29 heavy (non-hydrogen) atoms. The van der Waals surface area contributed by atoms with Gasteiger partial charge >= 0.3 is 0 Å². The number of aromatic nitrogens is 2. The average molecular weight is 390 g/mol. The van der Waals surface area contributed by atoms with Gasteiger partial charge in [-0.05, 0) is 61.1 Å². The average Bonchev–Trinajstić information content (AvgIpc) is 2.70. The van der Waals surface area contributed by atoms with Crippen molar-refractivity contribution in [3.8, 4) is 5.88 Å². The lowest BCUT2D eigenvalue weighted by Crippen LogP contribution is -2.28. The van der Waals surface area contributed by atoms with Crippen molar-refractivity contribution in [1.82, 2.24) is 9.97 Å². The predicted molar refractivity (Wildman–Crippen MR) is 111 cm³/mol. The highest BCUT2D eigenvalue weighted by Crippen LogP contribution is 2.26. The van der Waals surface area contributed by atoms with Gasteiger partial charge in [0.15, 0.2) is 5.78 Å². The molecule has 1 aliphatic carbocycles. The quantitative estimate of drug-likeness (QED) is 0.833. The van der Waals surface area contributed by atoms with E-state index in [1.165, 1.54) is 12.4 Å². The number of amides is 1. The lowest BCUT2D eigenvalue weighted by atomic mass is 9.88. The smallest absolute Gasteiger partial charge is 0.227 e. The van der Waals surface area contributed by atoms with Crippen LogP contribution in [0.4, 0.5) is 5.69 Å². The standard InChI is InChI=1S/C22H22N4O3/c1-13-2-4-14(5-3-13)17-8-9-20(27)19(26-17)11-21(28)25-15-6-7-16-18(10-15)23-12-24-22(16)29/h4,6-10,12-13,19H,2-3,5,11H2,1H3,(H,25,28)(H,23,24,29). The SMILES string of the molecule is CC1CC=C(C2=NC(CC(=O)Nc3ccc4c(O)ncnc4c3)C(=O)C=C2)CC1. The van der Waals surface area contributed by atoms with Crippen molar-refractivity contribution in [2.24, 2.45) is 10.9 Å². The second kappa shape index (κ2) is 7.95. The first kappa shape index (κ1) is 19.0. The summed E-state index contributed by atoms with van der Waals surface area (Å²) in [7, 11) is 0. The van der Waals surface area contributed by atoms with E-state index in [-0.39, 0.29) is 24.0 Å². The maximum Gasteiger partial charge on any atom is 0.227 e. The van der Waals surface area contributed by atoms with Gasteiger partial charge < -0.3 is 10.4 Å². The van der Waals surface area contributed by atoms with Crippen molar-refractivity contribution in [2.75, 3.05) is 5.32 Å². The normalized spacial score (nSPS) is 21.6. The molecule has 0 bridgehead atoms. The van der Waals surface area contributed by atoms with Gasteiger partial charge in [-0.2, -0.15) is 0 Å². The van der Waals surface area contributed by atoms with Crippen molar-refractivity contribution in [3.05, 3.63) is 48.3 Å². The molecule has 2 aromatic rings. The maximum atomic E-state index is 12.5. The molecule has 0 saturated heterocycles. The van der Waals surface area contributed by atoms with Crippen molar-refractivity contribution in [2.45, 2.75) is 38.6 Å². The monoisotopic (exact) mass is 390 g/mol. The van der Waals surface area contributed by atoms with Crippen LogP contribution in [-0.2, 0) is 9.59 Å².